The van der Waals surface area contributed by atoms with E-state index in [2.05, 4.69) is 22.0 Å². The van der Waals surface area contributed by atoms with E-state index >= 15 is 0 Å². The van der Waals surface area contributed by atoms with Gasteiger partial charge >= 0.3 is 0 Å². The van der Waals surface area contributed by atoms with Gasteiger partial charge in [0.15, 0.2) is 0 Å². The van der Waals surface area contributed by atoms with Gasteiger partial charge in [-0.2, -0.15) is 0 Å². The molecule has 0 unspecified atom stereocenters. The summed E-state index contributed by atoms with van der Waals surface area (Å²) in [5.74, 6) is 1.24. The Morgan fingerprint density at radius 3 is 2.64 bits per heavy atom. The highest BCUT2D eigenvalue weighted by atomic mass is 35.5. The number of halogens is 1. The topological polar surface area (TPSA) is 36.8 Å². The third-order valence-electron chi connectivity index (χ3n) is 2.24. The van der Waals surface area contributed by atoms with E-state index in [1.54, 1.807) is 13.1 Å². The molecule has 0 aromatic carbocycles. The lowest BCUT2D eigenvalue weighted by molar-refractivity contribution is 0.455. The van der Waals surface area contributed by atoms with Gasteiger partial charge in [0.1, 0.15) is 5.84 Å². The summed E-state index contributed by atoms with van der Waals surface area (Å²) in [6, 6.07) is 0. The van der Waals surface area contributed by atoms with Crippen molar-refractivity contribution in [2.75, 3.05) is 13.1 Å². The molecule has 0 aromatic heterocycles. The summed E-state index contributed by atoms with van der Waals surface area (Å²) in [4.78, 5) is 8.18. The van der Waals surface area contributed by atoms with E-state index in [-0.39, 0.29) is 0 Å². The first-order valence-corrected chi connectivity index (χ1v) is 5.19. The van der Waals surface area contributed by atoms with Crippen molar-refractivity contribution < 1.29 is 0 Å². The number of hydrogen-bond acceptors (Lipinski definition) is 2. The number of nitrogens with one attached hydrogen (secondary N) is 1. The summed E-state index contributed by atoms with van der Waals surface area (Å²) >= 11 is 5.70. The fourth-order valence-electron chi connectivity index (χ4n) is 1.51. The number of piperidine rings is 1. The Kier molecular flexibility index (Phi) is 4.84. The maximum Gasteiger partial charge on any atom is 0.130 e. The molecule has 0 bridgehead atoms. The zero-order valence-corrected chi connectivity index (χ0v) is 9.22. The lowest BCUT2D eigenvalue weighted by atomic mass is 9.97. The Balaban J connectivity index is 2.64. The highest BCUT2D eigenvalue weighted by Gasteiger charge is 2.17. The Labute approximate surface area is 90.0 Å². The predicted octanol–water partition coefficient (Wildman–Crippen LogP) is 2.19. The second-order valence-corrected chi connectivity index (χ2v) is 3.98. The van der Waals surface area contributed by atoms with Crippen LogP contribution in [-0.2, 0) is 0 Å². The van der Waals surface area contributed by atoms with E-state index in [4.69, 9.17) is 11.6 Å². The Morgan fingerprint density at radius 2 is 2.14 bits per heavy atom. The van der Waals surface area contributed by atoms with E-state index in [0.29, 0.717) is 11.0 Å². The lowest BCUT2D eigenvalue weighted by Gasteiger charge is -2.21. The molecule has 0 atom stereocenters. The van der Waals surface area contributed by atoms with Gasteiger partial charge in [-0.1, -0.05) is 11.6 Å². The van der Waals surface area contributed by atoms with Gasteiger partial charge in [0.2, 0.25) is 0 Å². The molecule has 0 amide bonds. The number of aliphatic imine (C=N–C) groups is 2. The Bertz CT molecular complexity index is 248. The van der Waals surface area contributed by atoms with Gasteiger partial charge < -0.3 is 5.32 Å². The maximum absolute atomic E-state index is 5.70. The van der Waals surface area contributed by atoms with Crippen molar-refractivity contribution in [3.05, 3.63) is 11.2 Å². The Morgan fingerprint density at radius 1 is 1.50 bits per heavy atom. The van der Waals surface area contributed by atoms with Crippen LogP contribution in [0.4, 0.5) is 0 Å². The minimum atomic E-state index is 0.431. The molecule has 1 aliphatic rings. The molecule has 14 heavy (non-hydrogen) atoms. The Hall–Kier alpha value is -0.670. The fraction of sp³-hybridized carbons (Fsp3) is 0.600. The number of amidine groups is 1. The molecular formula is C10H16ClN3. The number of rotatable bonds is 2. The molecule has 78 valence electrons. The molecule has 0 radical (unpaired) electrons. The van der Waals surface area contributed by atoms with Gasteiger partial charge in [-0.25, -0.2) is 9.98 Å². The van der Waals surface area contributed by atoms with Crippen LogP contribution < -0.4 is 5.32 Å². The second kappa shape index (κ2) is 5.94. The summed E-state index contributed by atoms with van der Waals surface area (Å²) in [6.45, 7) is 7.40. The summed E-state index contributed by atoms with van der Waals surface area (Å²) in [5, 5.41) is 3.97. The van der Waals surface area contributed by atoms with Crippen molar-refractivity contribution in [2.45, 2.75) is 19.8 Å². The zero-order chi connectivity index (χ0) is 10.4. The first-order valence-electron chi connectivity index (χ1n) is 4.81. The molecule has 1 rings (SSSR count). The standard InChI is InChI=1S/C10H16ClN3/c1-8(11)7-14-10(12-2)9-3-5-13-6-4-9/h7,9,13H,2-6H2,1H3/b8-7+,14-10-. The third kappa shape index (κ3) is 3.60. The van der Waals surface area contributed by atoms with Crippen molar-refractivity contribution in [1.29, 1.82) is 0 Å². The summed E-state index contributed by atoms with van der Waals surface area (Å²) in [6.07, 6.45) is 3.79. The minimum Gasteiger partial charge on any atom is -0.317 e. The van der Waals surface area contributed by atoms with Gasteiger partial charge in [-0.3, -0.25) is 0 Å². The van der Waals surface area contributed by atoms with E-state index < -0.39 is 0 Å². The van der Waals surface area contributed by atoms with Gasteiger partial charge in [0.05, 0.1) is 0 Å². The largest absolute Gasteiger partial charge is 0.317 e. The molecule has 1 heterocycles. The summed E-state index contributed by atoms with van der Waals surface area (Å²) < 4.78 is 0. The first kappa shape index (κ1) is 11.4. The van der Waals surface area contributed by atoms with Gasteiger partial charge in [0.25, 0.3) is 0 Å². The first-order chi connectivity index (χ1) is 6.74. The molecule has 1 N–H and O–H groups in total. The summed E-state index contributed by atoms with van der Waals surface area (Å²) in [7, 11) is 0. The van der Waals surface area contributed by atoms with Gasteiger partial charge in [0, 0.05) is 17.2 Å². The predicted molar refractivity (Wildman–Crippen MR) is 62.2 cm³/mol. The smallest absolute Gasteiger partial charge is 0.130 e. The van der Waals surface area contributed by atoms with E-state index in [1.165, 1.54) is 0 Å². The van der Waals surface area contributed by atoms with Crippen molar-refractivity contribution in [3.8, 4) is 0 Å². The van der Waals surface area contributed by atoms with Crippen LogP contribution in [0.25, 0.3) is 0 Å². The van der Waals surface area contributed by atoms with Crippen molar-refractivity contribution in [2.24, 2.45) is 15.9 Å². The maximum atomic E-state index is 5.70. The van der Waals surface area contributed by atoms with Gasteiger partial charge in [-0.05, 0) is 39.6 Å². The van der Waals surface area contributed by atoms with Crippen molar-refractivity contribution >= 4 is 24.2 Å². The van der Waals surface area contributed by atoms with Crippen LogP contribution in [0.2, 0.25) is 0 Å². The SMILES string of the molecule is C=N/C(=N\C=C(/C)Cl)C1CCNCC1. The van der Waals surface area contributed by atoms with Crippen LogP contribution in [0.3, 0.4) is 0 Å². The monoisotopic (exact) mass is 213 g/mol. The minimum absolute atomic E-state index is 0.431. The molecule has 1 saturated heterocycles. The van der Waals surface area contributed by atoms with Crippen LogP contribution in [-0.4, -0.2) is 25.6 Å². The molecule has 4 heteroatoms. The third-order valence-corrected chi connectivity index (χ3v) is 2.34. The van der Waals surface area contributed by atoms with Crippen LogP contribution in [0, 0.1) is 5.92 Å². The van der Waals surface area contributed by atoms with Crippen LogP contribution in [0.1, 0.15) is 19.8 Å². The van der Waals surface area contributed by atoms with Crippen molar-refractivity contribution in [3.63, 3.8) is 0 Å². The van der Waals surface area contributed by atoms with Crippen LogP contribution in [0.15, 0.2) is 21.2 Å². The van der Waals surface area contributed by atoms with E-state index in [0.717, 1.165) is 31.8 Å². The number of allylic oxidation sites excluding steroid dienone is 1. The van der Waals surface area contributed by atoms with Crippen molar-refractivity contribution in [1.82, 2.24) is 5.32 Å². The van der Waals surface area contributed by atoms with Crippen LogP contribution in [0.5, 0.6) is 0 Å². The zero-order valence-electron chi connectivity index (χ0n) is 8.46. The average molecular weight is 214 g/mol. The van der Waals surface area contributed by atoms with Crippen LogP contribution >= 0.6 is 11.6 Å². The molecular weight excluding hydrogens is 198 g/mol. The molecule has 0 saturated carbocycles. The van der Waals surface area contributed by atoms with E-state index in [1.807, 2.05) is 0 Å². The summed E-state index contributed by atoms with van der Waals surface area (Å²) in [5.41, 5.74) is 0. The molecule has 0 aliphatic carbocycles. The normalized spacial score (nSPS) is 21.0. The highest BCUT2D eigenvalue weighted by Crippen LogP contribution is 2.15. The highest BCUT2D eigenvalue weighted by molar-refractivity contribution is 6.29. The molecule has 0 spiro atoms. The fourth-order valence-corrected chi connectivity index (χ4v) is 1.56. The van der Waals surface area contributed by atoms with Gasteiger partial charge in [-0.15, -0.1) is 0 Å². The van der Waals surface area contributed by atoms with E-state index in [9.17, 15) is 0 Å². The molecule has 3 nitrogen and oxygen atoms in total. The quantitative estimate of drug-likeness (QED) is 0.554. The average Bonchev–Trinajstić information content (AvgIpc) is 2.20. The molecule has 1 fully saturated rings. The molecule has 0 aromatic rings. The number of nitrogens with zero attached hydrogens (tertiary/aromatic N) is 2. The number of hydrogen-bond donors (Lipinski definition) is 1. The lowest BCUT2D eigenvalue weighted by Crippen LogP contribution is -2.31. The second-order valence-electron chi connectivity index (χ2n) is 3.39. The molecule has 1 aliphatic heterocycles.